The van der Waals surface area contributed by atoms with E-state index in [1.54, 1.807) is 0 Å². The van der Waals surface area contributed by atoms with Crippen LogP contribution in [-0.2, 0) is 4.79 Å². The van der Waals surface area contributed by atoms with Crippen molar-refractivity contribution in [1.29, 1.82) is 0 Å². The standard InChI is InChI=1S/C17H26N2O/c1-3-13-19(15-10-6-5-9-14(15)18)16(20)17(2)11-7-4-8-12-17/h5-6,9-10H,3-4,7-8,11-13,18H2,1-2H3. The van der Waals surface area contributed by atoms with E-state index >= 15 is 0 Å². The predicted octanol–water partition coefficient (Wildman–Crippen LogP) is 3.98. The Morgan fingerprint density at radius 1 is 1.25 bits per heavy atom. The van der Waals surface area contributed by atoms with Crippen molar-refractivity contribution in [2.45, 2.75) is 52.4 Å². The van der Waals surface area contributed by atoms with Gasteiger partial charge in [0.05, 0.1) is 11.4 Å². The number of hydrogen-bond acceptors (Lipinski definition) is 2. The molecule has 0 radical (unpaired) electrons. The van der Waals surface area contributed by atoms with Gasteiger partial charge in [-0.1, -0.05) is 45.2 Å². The SMILES string of the molecule is CCCN(C(=O)C1(C)CCCCC1)c1ccccc1N. The molecule has 1 aromatic rings. The van der Waals surface area contributed by atoms with E-state index in [1.807, 2.05) is 29.2 Å². The third-order valence-corrected chi connectivity index (χ3v) is 4.39. The van der Waals surface area contributed by atoms with Gasteiger partial charge in [-0.2, -0.15) is 0 Å². The number of nitrogen functional groups attached to an aromatic ring is 1. The first-order valence-electron chi connectivity index (χ1n) is 7.75. The fourth-order valence-electron chi connectivity index (χ4n) is 3.16. The minimum atomic E-state index is -0.213. The highest BCUT2D eigenvalue weighted by Gasteiger charge is 2.38. The number of amides is 1. The van der Waals surface area contributed by atoms with Crippen molar-refractivity contribution < 1.29 is 4.79 Å². The van der Waals surface area contributed by atoms with Crippen molar-refractivity contribution in [2.75, 3.05) is 17.2 Å². The molecular weight excluding hydrogens is 248 g/mol. The average molecular weight is 274 g/mol. The van der Waals surface area contributed by atoms with Crippen LogP contribution >= 0.6 is 0 Å². The Balaban J connectivity index is 2.28. The minimum Gasteiger partial charge on any atom is -0.397 e. The molecule has 0 heterocycles. The largest absolute Gasteiger partial charge is 0.397 e. The third-order valence-electron chi connectivity index (χ3n) is 4.39. The quantitative estimate of drug-likeness (QED) is 0.844. The van der Waals surface area contributed by atoms with E-state index in [4.69, 9.17) is 5.73 Å². The molecule has 3 heteroatoms. The van der Waals surface area contributed by atoms with Gasteiger partial charge >= 0.3 is 0 Å². The summed E-state index contributed by atoms with van der Waals surface area (Å²) in [5.41, 5.74) is 7.41. The van der Waals surface area contributed by atoms with Gasteiger partial charge in [-0.05, 0) is 31.4 Å². The summed E-state index contributed by atoms with van der Waals surface area (Å²) in [5.74, 6) is 0.247. The second-order valence-corrected chi connectivity index (χ2v) is 6.14. The Morgan fingerprint density at radius 3 is 2.50 bits per heavy atom. The maximum absolute atomic E-state index is 13.0. The van der Waals surface area contributed by atoms with Crippen molar-refractivity contribution in [2.24, 2.45) is 5.41 Å². The molecule has 0 unspecified atom stereocenters. The first-order valence-corrected chi connectivity index (χ1v) is 7.75. The molecule has 1 aliphatic rings. The van der Waals surface area contributed by atoms with Crippen LogP contribution in [0.4, 0.5) is 11.4 Å². The van der Waals surface area contributed by atoms with Gasteiger partial charge < -0.3 is 10.6 Å². The summed E-state index contributed by atoms with van der Waals surface area (Å²) in [6.07, 6.45) is 6.51. The van der Waals surface area contributed by atoms with Crippen molar-refractivity contribution in [3.05, 3.63) is 24.3 Å². The Kier molecular flexibility index (Phi) is 4.69. The van der Waals surface area contributed by atoms with Gasteiger partial charge in [0.25, 0.3) is 0 Å². The fraction of sp³-hybridized carbons (Fsp3) is 0.588. The van der Waals surface area contributed by atoms with Crippen molar-refractivity contribution in [1.82, 2.24) is 0 Å². The number of para-hydroxylation sites is 2. The van der Waals surface area contributed by atoms with E-state index in [9.17, 15) is 4.79 Å². The lowest BCUT2D eigenvalue weighted by Gasteiger charge is -2.37. The Bertz CT molecular complexity index is 464. The fourth-order valence-corrected chi connectivity index (χ4v) is 3.16. The molecule has 1 aliphatic carbocycles. The summed E-state index contributed by atoms with van der Waals surface area (Å²) in [4.78, 5) is 14.9. The summed E-state index contributed by atoms with van der Waals surface area (Å²) >= 11 is 0. The lowest BCUT2D eigenvalue weighted by atomic mass is 9.74. The lowest BCUT2D eigenvalue weighted by molar-refractivity contribution is -0.129. The minimum absolute atomic E-state index is 0.213. The molecule has 1 aromatic carbocycles. The Labute approximate surface area is 122 Å². The van der Waals surface area contributed by atoms with Crippen LogP contribution < -0.4 is 10.6 Å². The Hall–Kier alpha value is -1.51. The highest BCUT2D eigenvalue weighted by Crippen LogP contribution is 2.39. The molecule has 0 saturated heterocycles. The number of carbonyl (C=O) groups excluding carboxylic acids is 1. The van der Waals surface area contributed by atoms with Crippen molar-refractivity contribution in [3.8, 4) is 0 Å². The maximum Gasteiger partial charge on any atom is 0.232 e. The van der Waals surface area contributed by atoms with E-state index in [-0.39, 0.29) is 11.3 Å². The molecule has 1 saturated carbocycles. The molecule has 2 rings (SSSR count). The monoisotopic (exact) mass is 274 g/mol. The molecule has 2 N–H and O–H groups in total. The van der Waals surface area contributed by atoms with Gasteiger partial charge in [-0.3, -0.25) is 4.79 Å². The van der Waals surface area contributed by atoms with Gasteiger partial charge in [0.15, 0.2) is 0 Å². The molecular formula is C17H26N2O. The molecule has 0 aliphatic heterocycles. The van der Waals surface area contributed by atoms with E-state index < -0.39 is 0 Å². The second-order valence-electron chi connectivity index (χ2n) is 6.14. The Morgan fingerprint density at radius 2 is 1.90 bits per heavy atom. The summed E-state index contributed by atoms with van der Waals surface area (Å²) in [6.45, 7) is 4.96. The first-order chi connectivity index (χ1) is 9.58. The van der Waals surface area contributed by atoms with Gasteiger partial charge in [-0.25, -0.2) is 0 Å². The van der Waals surface area contributed by atoms with Crippen LogP contribution in [0.25, 0.3) is 0 Å². The van der Waals surface area contributed by atoms with Crippen LogP contribution in [0.2, 0.25) is 0 Å². The van der Waals surface area contributed by atoms with Crippen LogP contribution in [0.3, 0.4) is 0 Å². The van der Waals surface area contributed by atoms with Crippen molar-refractivity contribution >= 4 is 17.3 Å². The molecule has 3 nitrogen and oxygen atoms in total. The molecule has 1 fully saturated rings. The lowest BCUT2D eigenvalue weighted by Crippen LogP contribution is -2.44. The van der Waals surface area contributed by atoms with E-state index in [0.29, 0.717) is 5.69 Å². The summed E-state index contributed by atoms with van der Waals surface area (Å²) in [7, 11) is 0. The van der Waals surface area contributed by atoms with Crippen LogP contribution in [0.1, 0.15) is 52.4 Å². The highest BCUT2D eigenvalue weighted by atomic mass is 16.2. The van der Waals surface area contributed by atoms with Gasteiger partial charge in [0, 0.05) is 12.0 Å². The number of nitrogens with zero attached hydrogens (tertiary/aromatic N) is 1. The highest BCUT2D eigenvalue weighted by molar-refractivity contribution is 5.99. The normalized spacial score (nSPS) is 17.7. The van der Waals surface area contributed by atoms with Crippen LogP contribution in [0.5, 0.6) is 0 Å². The summed E-state index contributed by atoms with van der Waals surface area (Å²) in [5, 5.41) is 0. The molecule has 0 aromatic heterocycles. The van der Waals surface area contributed by atoms with Crippen LogP contribution in [0.15, 0.2) is 24.3 Å². The zero-order valence-electron chi connectivity index (χ0n) is 12.7. The number of nitrogens with two attached hydrogens (primary N) is 1. The summed E-state index contributed by atoms with van der Waals surface area (Å²) in [6, 6.07) is 7.68. The van der Waals surface area contributed by atoms with Crippen molar-refractivity contribution in [3.63, 3.8) is 0 Å². The van der Waals surface area contributed by atoms with Crippen LogP contribution in [0, 0.1) is 5.41 Å². The topological polar surface area (TPSA) is 46.3 Å². The molecule has 0 atom stereocenters. The number of carbonyl (C=O) groups is 1. The average Bonchev–Trinajstić information content (AvgIpc) is 2.46. The number of benzene rings is 1. The maximum atomic E-state index is 13.0. The molecule has 0 spiro atoms. The van der Waals surface area contributed by atoms with Gasteiger partial charge in [-0.15, -0.1) is 0 Å². The molecule has 0 bridgehead atoms. The van der Waals surface area contributed by atoms with E-state index in [1.165, 1.54) is 6.42 Å². The van der Waals surface area contributed by atoms with Gasteiger partial charge in [0.1, 0.15) is 0 Å². The molecule has 20 heavy (non-hydrogen) atoms. The van der Waals surface area contributed by atoms with E-state index in [0.717, 1.165) is 44.3 Å². The number of anilines is 2. The van der Waals surface area contributed by atoms with Crippen LogP contribution in [-0.4, -0.2) is 12.5 Å². The van der Waals surface area contributed by atoms with Gasteiger partial charge in [0.2, 0.25) is 5.91 Å². The number of hydrogen-bond donors (Lipinski definition) is 1. The number of rotatable bonds is 4. The predicted molar refractivity (Wildman–Crippen MR) is 84.7 cm³/mol. The first kappa shape index (κ1) is 14.9. The zero-order chi connectivity index (χ0) is 14.6. The molecule has 1 amide bonds. The summed E-state index contributed by atoms with van der Waals surface area (Å²) < 4.78 is 0. The smallest absolute Gasteiger partial charge is 0.232 e. The second kappa shape index (κ2) is 6.29. The zero-order valence-corrected chi connectivity index (χ0v) is 12.7. The third kappa shape index (κ3) is 2.97. The molecule has 110 valence electrons. The van der Waals surface area contributed by atoms with E-state index in [2.05, 4.69) is 13.8 Å².